The monoisotopic (exact) mass is 1210 g/mol. The Balaban J connectivity index is 1.45. The molecule has 5 heteroatoms. The predicted molar refractivity (Wildman–Crippen MR) is 399 cm³/mol. The molecule has 91 heavy (non-hydrogen) atoms. The Kier molecular flexibility index (Phi) is 16.2. The fraction of sp³-hybridized carbons (Fsp3) is 0.465. The van der Waals surface area contributed by atoms with Crippen molar-refractivity contribution in [2.75, 3.05) is 9.80 Å². The summed E-state index contributed by atoms with van der Waals surface area (Å²) >= 11 is 0. The molecule has 7 aromatic carbocycles. The van der Waals surface area contributed by atoms with Gasteiger partial charge in [0.25, 0.3) is 6.71 Å². The first-order valence-corrected chi connectivity index (χ1v) is 34.0. The molecule has 0 spiro atoms. The predicted octanol–water partition coefficient (Wildman–Crippen LogP) is 22.5. The van der Waals surface area contributed by atoms with Crippen LogP contribution in [0.5, 0.6) is 0 Å². The molecule has 2 aliphatic heterocycles. The first-order chi connectivity index (χ1) is 41.4. The summed E-state index contributed by atoms with van der Waals surface area (Å²) < 4.78 is 0. The highest BCUT2D eigenvalue weighted by Gasteiger charge is 2.45. The molecule has 4 nitrogen and oxygen atoms in total. The van der Waals surface area contributed by atoms with Crippen molar-refractivity contribution in [2.24, 2.45) is 0 Å². The number of anilines is 6. The summed E-state index contributed by atoms with van der Waals surface area (Å²) in [5, 5.41) is 0. The minimum atomic E-state index is -0.128. The van der Waals surface area contributed by atoms with Crippen LogP contribution in [0.3, 0.4) is 0 Å². The molecule has 0 aliphatic carbocycles. The molecule has 0 saturated heterocycles. The second kappa shape index (κ2) is 21.9. The molecule has 10 rings (SSSR count). The van der Waals surface area contributed by atoms with Gasteiger partial charge in [-0.05, 0) is 205 Å². The molecular weight excluding hydrogens is 1100 g/mol. The van der Waals surface area contributed by atoms with E-state index in [9.17, 15) is 0 Å². The fourth-order valence-electron chi connectivity index (χ4n) is 13.0. The van der Waals surface area contributed by atoms with E-state index in [0.717, 1.165) is 45.3 Å². The van der Waals surface area contributed by atoms with Gasteiger partial charge in [-0.1, -0.05) is 256 Å². The maximum atomic E-state index is 5.96. The van der Waals surface area contributed by atoms with Crippen LogP contribution in [0.15, 0.2) is 127 Å². The second-order valence-electron chi connectivity index (χ2n) is 37.7. The largest absolute Gasteiger partial charge is 0.311 e. The maximum Gasteiger partial charge on any atom is 0.252 e. The lowest BCUT2D eigenvalue weighted by Gasteiger charge is -2.45. The van der Waals surface area contributed by atoms with Crippen LogP contribution in [0.25, 0.3) is 33.9 Å². The van der Waals surface area contributed by atoms with Crippen LogP contribution in [0, 0.1) is 0 Å². The summed E-state index contributed by atoms with van der Waals surface area (Å²) in [5.74, 6) is 0.723. The van der Waals surface area contributed by atoms with Gasteiger partial charge in [0.1, 0.15) is 0 Å². The Morgan fingerprint density at radius 1 is 0.242 bits per heavy atom. The van der Waals surface area contributed by atoms with Gasteiger partial charge in [0.15, 0.2) is 5.82 Å². The molecule has 2 aliphatic rings. The quantitative estimate of drug-likeness (QED) is 0.161. The van der Waals surface area contributed by atoms with Crippen LogP contribution in [0.2, 0.25) is 0 Å². The van der Waals surface area contributed by atoms with Crippen molar-refractivity contribution in [3.05, 3.63) is 183 Å². The SMILES string of the molecule is CC(C)(C)c1cc(-c2cc(-c3cc4c5c(c3)N(c3cc(C(C)(C)C)cc(C(C)(C)C)c3)c3cc(C(C)(C)C)ccc3B5c3ccc(C(C)(C)C)cc3N4c3cc(C(C)(C)C)cc(C(C)(C)C)c3)nc(-c3cc(C(C)(C)C)cc(C(C)(C)C)c3)n2)cc(C(C)(C)C)c1. The standard InChI is InChI=1S/C86H111BN4/c1-77(2,3)55-31-33-67-71(49-55)90(65-45-61(83(19,20)21)43-62(46-65)84(22,23)24)73-39-53(40-74-75(73)87(67)68-34-32-56(78(4,5)6)50-72(68)91(74)66-47-63(85(25,26)27)44-64(48-66)86(28,29)30)70-51-69(52-35-57(79(7,8)9)41-58(36-52)80(10,11)12)88-76(89-70)54-37-59(81(13,14)15)42-60(38-54)82(16,17)18/h31-51H,1-30H3. The number of benzene rings is 7. The summed E-state index contributed by atoms with van der Waals surface area (Å²) in [5.41, 5.74) is 27.7. The van der Waals surface area contributed by atoms with E-state index >= 15 is 0 Å². The number of hydrogen-bond acceptors (Lipinski definition) is 4. The van der Waals surface area contributed by atoms with Gasteiger partial charge in [-0.15, -0.1) is 0 Å². The van der Waals surface area contributed by atoms with Crippen LogP contribution in [0.4, 0.5) is 34.1 Å². The summed E-state index contributed by atoms with van der Waals surface area (Å²) in [7, 11) is 0. The Bertz CT molecular complexity index is 3760. The van der Waals surface area contributed by atoms with Crippen molar-refractivity contribution in [1.29, 1.82) is 0 Å². The molecule has 8 aromatic rings. The summed E-state index contributed by atoms with van der Waals surface area (Å²) in [6, 6.07) is 51.6. The van der Waals surface area contributed by atoms with Crippen molar-refractivity contribution >= 4 is 57.2 Å². The summed E-state index contributed by atoms with van der Waals surface area (Å²) in [6.07, 6.45) is 0. The van der Waals surface area contributed by atoms with Crippen LogP contribution in [-0.4, -0.2) is 16.7 Å². The zero-order valence-electron chi connectivity index (χ0n) is 62.0. The molecule has 1 aromatic heterocycles. The number of fused-ring (bicyclic) bond motifs is 4. The Labute approximate surface area is 552 Å². The van der Waals surface area contributed by atoms with Crippen molar-refractivity contribution in [3.8, 4) is 33.9 Å². The van der Waals surface area contributed by atoms with Gasteiger partial charge in [0.2, 0.25) is 0 Å². The average molecular weight is 1210 g/mol. The third kappa shape index (κ3) is 13.3. The topological polar surface area (TPSA) is 32.3 Å². The average Bonchev–Trinajstić information content (AvgIpc) is 0.693. The molecule has 0 amide bonds. The molecule has 0 saturated carbocycles. The Morgan fingerprint density at radius 2 is 0.495 bits per heavy atom. The zero-order chi connectivity index (χ0) is 67.4. The zero-order valence-corrected chi connectivity index (χ0v) is 62.0. The van der Waals surface area contributed by atoms with Crippen molar-refractivity contribution in [2.45, 2.75) is 262 Å². The molecular formula is C86H111BN4. The van der Waals surface area contributed by atoms with Gasteiger partial charge in [0, 0.05) is 50.8 Å². The molecule has 0 fully saturated rings. The van der Waals surface area contributed by atoms with E-state index < -0.39 is 0 Å². The summed E-state index contributed by atoms with van der Waals surface area (Å²) in [6.45, 7) is 70.4. The van der Waals surface area contributed by atoms with Crippen molar-refractivity contribution in [3.63, 3.8) is 0 Å². The van der Waals surface area contributed by atoms with Crippen molar-refractivity contribution in [1.82, 2.24) is 9.97 Å². The first kappa shape index (κ1) is 67.2. The third-order valence-electron chi connectivity index (χ3n) is 19.5. The molecule has 0 N–H and O–H groups in total. The molecule has 478 valence electrons. The van der Waals surface area contributed by atoms with Crippen molar-refractivity contribution < 1.29 is 0 Å². The highest BCUT2D eigenvalue weighted by molar-refractivity contribution is 7.00. The molecule has 3 heterocycles. The van der Waals surface area contributed by atoms with E-state index in [1.54, 1.807) is 0 Å². The lowest BCUT2D eigenvalue weighted by atomic mass is 9.33. The molecule has 0 radical (unpaired) electrons. The second-order valence-corrected chi connectivity index (χ2v) is 37.7. The highest BCUT2D eigenvalue weighted by atomic mass is 15.2. The van der Waals surface area contributed by atoms with E-state index in [2.05, 4.69) is 345 Å². The summed E-state index contributed by atoms with van der Waals surface area (Å²) in [4.78, 5) is 17.1. The normalized spacial score (nSPS) is 14.4. The van der Waals surface area contributed by atoms with E-state index in [4.69, 9.17) is 9.97 Å². The van der Waals surface area contributed by atoms with Gasteiger partial charge in [-0.25, -0.2) is 9.97 Å². The van der Waals surface area contributed by atoms with Gasteiger partial charge in [0.05, 0.1) is 11.4 Å². The van der Waals surface area contributed by atoms with Gasteiger partial charge < -0.3 is 9.80 Å². The van der Waals surface area contributed by atoms with E-state index in [-0.39, 0.29) is 60.9 Å². The number of aromatic nitrogens is 2. The minimum Gasteiger partial charge on any atom is -0.311 e. The smallest absolute Gasteiger partial charge is 0.252 e. The first-order valence-electron chi connectivity index (χ1n) is 34.0. The molecule has 0 bridgehead atoms. The number of rotatable bonds is 5. The Morgan fingerprint density at radius 3 is 0.769 bits per heavy atom. The Hall–Kier alpha value is -6.72. The van der Waals surface area contributed by atoms with Crippen LogP contribution >= 0.6 is 0 Å². The lowest BCUT2D eigenvalue weighted by Crippen LogP contribution is -2.61. The molecule has 0 unspecified atom stereocenters. The van der Waals surface area contributed by atoms with Crippen LogP contribution in [-0.2, 0) is 54.1 Å². The number of hydrogen-bond donors (Lipinski definition) is 0. The van der Waals surface area contributed by atoms with E-state index in [0.29, 0.717) is 0 Å². The highest BCUT2D eigenvalue weighted by Crippen LogP contribution is 2.50. The van der Waals surface area contributed by atoms with E-state index in [1.807, 2.05) is 0 Å². The number of nitrogens with zero attached hydrogens (tertiary/aromatic N) is 4. The van der Waals surface area contributed by atoms with Gasteiger partial charge in [-0.3, -0.25) is 0 Å². The van der Waals surface area contributed by atoms with Crippen LogP contribution < -0.4 is 26.2 Å². The van der Waals surface area contributed by atoms with Gasteiger partial charge >= 0.3 is 0 Å². The maximum absolute atomic E-state index is 5.96. The molecule has 0 atom stereocenters. The van der Waals surface area contributed by atoms with Gasteiger partial charge in [-0.2, -0.15) is 0 Å². The fourth-order valence-corrected chi connectivity index (χ4v) is 13.0. The third-order valence-corrected chi connectivity index (χ3v) is 19.5. The van der Waals surface area contributed by atoms with Crippen LogP contribution in [0.1, 0.15) is 263 Å². The lowest BCUT2D eigenvalue weighted by molar-refractivity contribution is 0.568. The minimum absolute atomic E-state index is 0.0937. The van der Waals surface area contributed by atoms with E-state index in [1.165, 1.54) is 94.8 Å².